The van der Waals surface area contributed by atoms with E-state index in [0.717, 1.165) is 12.8 Å². The Hall–Kier alpha value is -2.03. The highest BCUT2D eigenvalue weighted by Gasteiger charge is 2.41. The molecular formula is C16H19ClF3N5O. The highest BCUT2D eigenvalue weighted by molar-refractivity contribution is 6.32. The van der Waals surface area contributed by atoms with Crippen molar-refractivity contribution in [3.8, 4) is 0 Å². The average Bonchev–Trinajstić information content (AvgIpc) is 3.23. The molecule has 0 aromatic carbocycles. The Labute approximate surface area is 153 Å². The normalized spacial score (nSPS) is 14.7. The summed E-state index contributed by atoms with van der Waals surface area (Å²) in [6.45, 7) is 2.31. The molecule has 1 aliphatic carbocycles. The molecule has 0 saturated heterocycles. The minimum absolute atomic E-state index is 0.0405. The minimum atomic E-state index is -4.57. The number of rotatable bonds is 6. The van der Waals surface area contributed by atoms with E-state index in [0.29, 0.717) is 29.9 Å². The van der Waals surface area contributed by atoms with Crippen molar-refractivity contribution in [2.75, 3.05) is 6.54 Å². The smallest absolute Gasteiger partial charge is 0.352 e. The summed E-state index contributed by atoms with van der Waals surface area (Å²) in [7, 11) is 1.73. The number of carbonyl (C=O) groups is 1. The van der Waals surface area contributed by atoms with E-state index in [4.69, 9.17) is 11.6 Å². The van der Waals surface area contributed by atoms with Crippen LogP contribution in [0.1, 0.15) is 52.6 Å². The van der Waals surface area contributed by atoms with Crippen molar-refractivity contribution in [2.24, 2.45) is 7.05 Å². The molecule has 142 valence electrons. The number of aryl methyl sites for hydroxylation is 3. The van der Waals surface area contributed by atoms with Crippen molar-refractivity contribution >= 4 is 17.5 Å². The first-order valence-electron chi connectivity index (χ1n) is 8.30. The van der Waals surface area contributed by atoms with Crippen LogP contribution in [0.4, 0.5) is 13.2 Å². The van der Waals surface area contributed by atoms with E-state index < -0.39 is 11.9 Å². The predicted molar refractivity (Wildman–Crippen MR) is 89.1 cm³/mol. The van der Waals surface area contributed by atoms with Gasteiger partial charge >= 0.3 is 6.18 Å². The van der Waals surface area contributed by atoms with Crippen LogP contribution in [-0.2, 0) is 19.8 Å². The van der Waals surface area contributed by atoms with Crippen LogP contribution in [0.25, 0.3) is 0 Å². The summed E-state index contributed by atoms with van der Waals surface area (Å²) in [4.78, 5) is 12.1. The molecule has 1 amide bonds. The zero-order valence-corrected chi connectivity index (χ0v) is 15.2. The van der Waals surface area contributed by atoms with E-state index in [1.54, 1.807) is 24.9 Å². The van der Waals surface area contributed by atoms with Gasteiger partial charge in [-0.3, -0.25) is 14.2 Å². The van der Waals surface area contributed by atoms with E-state index >= 15 is 0 Å². The third kappa shape index (κ3) is 3.87. The number of nitrogens with zero attached hydrogens (tertiary/aromatic N) is 4. The number of hydrogen-bond donors (Lipinski definition) is 1. The second kappa shape index (κ2) is 6.94. The zero-order chi connectivity index (χ0) is 19.1. The van der Waals surface area contributed by atoms with E-state index in [2.05, 4.69) is 15.5 Å². The number of halogens is 4. The number of hydrogen-bond acceptors (Lipinski definition) is 3. The highest BCUT2D eigenvalue weighted by Crippen LogP contribution is 2.46. The molecule has 6 nitrogen and oxygen atoms in total. The van der Waals surface area contributed by atoms with Gasteiger partial charge in [0.05, 0.1) is 22.0 Å². The topological polar surface area (TPSA) is 64.7 Å². The third-order valence-electron chi connectivity index (χ3n) is 4.25. The van der Waals surface area contributed by atoms with Gasteiger partial charge in [-0.05, 0) is 26.2 Å². The lowest BCUT2D eigenvalue weighted by atomic mass is 10.2. The Kier molecular flexibility index (Phi) is 5.01. The van der Waals surface area contributed by atoms with Gasteiger partial charge in [0.2, 0.25) is 0 Å². The summed E-state index contributed by atoms with van der Waals surface area (Å²) < 4.78 is 42.0. The van der Waals surface area contributed by atoms with Crippen molar-refractivity contribution in [1.82, 2.24) is 24.9 Å². The maximum absolute atomic E-state index is 13.0. The molecular weight excluding hydrogens is 371 g/mol. The molecule has 3 rings (SSSR count). The summed E-state index contributed by atoms with van der Waals surface area (Å²) >= 11 is 5.93. The van der Waals surface area contributed by atoms with Gasteiger partial charge in [0.1, 0.15) is 0 Å². The van der Waals surface area contributed by atoms with Crippen LogP contribution in [0.3, 0.4) is 0 Å². The van der Waals surface area contributed by atoms with Crippen molar-refractivity contribution in [3.63, 3.8) is 0 Å². The molecule has 0 radical (unpaired) electrons. The SMILES string of the molecule is Cc1nn(C)cc1C(=O)NCCCn1nc(C(F)(F)F)c(Cl)c1C1CC1. The Balaban J connectivity index is 1.61. The van der Waals surface area contributed by atoms with Gasteiger partial charge < -0.3 is 5.32 Å². The van der Waals surface area contributed by atoms with E-state index in [9.17, 15) is 18.0 Å². The molecule has 2 aromatic heterocycles. The van der Waals surface area contributed by atoms with Crippen molar-refractivity contribution in [2.45, 2.75) is 44.8 Å². The first kappa shape index (κ1) is 18.8. The van der Waals surface area contributed by atoms with Crippen LogP contribution < -0.4 is 5.32 Å². The van der Waals surface area contributed by atoms with Crippen LogP contribution in [0.5, 0.6) is 0 Å². The Morgan fingerprint density at radius 3 is 2.62 bits per heavy atom. The predicted octanol–water partition coefficient (Wildman–Crippen LogP) is 3.29. The standard InChI is InChI=1S/C16H19ClF3N5O/c1-9-11(8-24(2)22-9)15(26)21-6-3-7-25-13(10-4-5-10)12(17)14(23-25)16(18,19)20/h8,10H,3-7H2,1-2H3,(H,21,26). The zero-order valence-electron chi connectivity index (χ0n) is 14.4. The van der Waals surface area contributed by atoms with Crippen LogP contribution in [0.2, 0.25) is 5.02 Å². The summed E-state index contributed by atoms with van der Waals surface area (Å²) in [5, 5.41) is 10.2. The summed E-state index contributed by atoms with van der Waals surface area (Å²) in [6.07, 6.45) is -0.865. The first-order valence-corrected chi connectivity index (χ1v) is 8.68. The molecule has 0 unspecified atom stereocenters. The molecule has 10 heteroatoms. The molecule has 1 N–H and O–H groups in total. The van der Waals surface area contributed by atoms with E-state index in [1.165, 1.54) is 4.68 Å². The number of alkyl halides is 3. The fraction of sp³-hybridized carbons (Fsp3) is 0.562. The quantitative estimate of drug-likeness (QED) is 0.771. The van der Waals surface area contributed by atoms with Crippen LogP contribution in [0.15, 0.2) is 6.20 Å². The van der Waals surface area contributed by atoms with Crippen molar-refractivity contribution < 1.29 is 18.0 Å². The second-order valence-electron chi connectivity index (χ2n) is 6.45. The molecule has 26 heavy (non-hydrogen) atoms. The number of amides is 1. The van der Waals surface area contributed by atoms with Gasteiger partial charge in [0.15, 0.2) is 5.69 Å². The molecule has 2 aromatic rings. The van der Waals surface area contributed by atoms with Gasteiger partial charge in [-0.25, -0.2) is 0 Å². The monoisotopic (exact) mass is 389 g/mol. The number of aromatic nitrogens is 4. The lowest BCUT2D eigenvalue weighted by Crippen LogP contribution is -2.25. The molecule has 0 bridgehead atoms. The summed E-state index contributed by atoms with van der Waals surface area (Å²) in [5.74, 6) is -0.216. The van der Waals surface area contributed by atoms with Gasteiger partial charge in [-0.2, -0.15) is 23.4 Å². The molecule has 1 fully saturated rings. The van der Waals surface area contributed by atoms with Crippen LogP contribution in [0, 0.1) is 6.92 Å². The Morgan fingerprint density at radius 1 is 1.38 bits per heavy atom. The van der Waals surface area contributed by atoms with Gasteiger partial charge in [0, 0.05) is 32.3 Å². The Morgan fingerprint density at radius 2 is 2.08 bits per heavy atom. The molecule has 1 saturated carbocycles. The second-order valence-corrected chi connectivity index (χ2v) is 6.83. The fourth-order valence-corrected chi connectivity index (χ4v) is 3.30. The van der Waals surface area contributed by atoms with E-state index in [1.807, 2.05) is 0 Å². The maximum atomic E-state index is 13.0. The Bertz CT molecular complexity index is 823. The van der Waals surface area contributed by atoms with Gasteiger partial charge in [0.25, 0.3) is 5.91 Å². The lowest BCUT2D eigenvalue weighted by molar-refractivity contribution is -0.141. The molecule has 0 spiro atoms. The maximum Gasteiger partial charge on any atom is 0.436 e. The molecule has 0 aliphatic heterocycles. The number of carbonyl (C=O) groups excluding carboxylic acids is 1. The third-order valence-corrected chi connectivity index (χ3v) is 4.63. The largest absolute Gasteiger partial charge is 0.436 e. The van der Waals surface area contributed by atoms with Crippen LogP contribution in [-0.4, -0.2) is 32.0 Å². The van der Waals surface area contributed by atoms with Crippen molar-refractivity contribution in [3.05, 3.63) is 33.9 Å². The number of nitrogens with one attached hydrogen (secondary N) is 1. The lowest BCUT2D eigenvalue weighted by Gasteiger charge is -2.08. The van der Waals surface area contributed by atoms with Gasteiger partial charge in [-0.15, -0.1) is 0 Å². The molecule has 1 aliphatic rings. The molecule has 0 atom stereocenters. The van der Waals surface area contributed by atoms with Gasteiger partial charge in [-0.1, -0.05) is 11.6 Å². The fourth-order valence-electron chi connectivity index (χ4n) is 2.90. The van der Waals surface area contributed by atoms with Crippen LogP contribution >= 0.6 is 11.6 Å². The molecule has 2 heterocycles. The van der Waals surface area contributed by atoms with Crippen molar-refractivity contribution in [1.29, 1.82) is 0 Å². The summed E-state index contributed by atoms with van der Waals surface area (Å²) in [5.41, 5.74) is 0.520. The highest BCUT2D eigenvalue weighted by atomic mass is 35.5. The minimum Gasteiger partial charge on any atom is -0.352 e. The summed E-state index contributed by atoms with van der Waals surface area (Å²) in [6, 6.07) is 0. The average molecular weight is 390 g/mol. The van der Waals surface area contributed by atoms with E-state index in [-0.39, 0.29) is 23.4 Å². The first-order chi connectivity index (χ1) is 12.2.